The summed E-state index contributed by atoms with van der Waals surface area (Å²) in [7, 11) is 1.74. The Morgan fingerprint density at radius 3 is 3.00 bits per heavy atom. The quantitative estimate of drug-likeness (QED) is 0.390. The van der Waals surface area contributed by atoms with Crippen LogP contribution >= 0.6 is 0 Å². The molecule has 2 atom stereocenters. The Labute approximate surface area is 195 Å². The molecule has 0 radical (unpaired) electrons. The van der Waals surface area contributed by atoms with Crippen molar-refractivity contribution in [3.63, 3.8) is 0 Å². The van der Waals surface area contributed by atoms with E-state index in [2.05, 4.69) is 57.9 Å². The molecular formula is C27H34N4O2. The Balaban J connectivity index is 1.35. The minimum absolute atomic E-state index is 0.0829. The maximum absolute atomic E-state index is 9.57. The van der Waals surface area contributed by atoms with Gasteiger partial charge in [0.25, 0.3) is 0 Å². The molecule has 1 aromatic heterocycles. The number of H-pyrrole nitrogens is 1. The van der Waals surface area contributed by atoms with Gasteiger partial charge in [0.2, 0.25) is 0 Å². The Kier molecular flexibility index (Phi) is 6.27. The van der Waals surface area contributed by atoms with E-state index in [9.17, 15) is 5.11 Å². The number of amidine groups is 1. The Hall–Kier alpha value is -2.99. The molecule has 0 bridgehead atoms. The third-order valence-corrected chi connectivity index (χ3v) is 7.28. The molecule has 0 aromatic carbocycles. The number of aliphatic hydroxyl groups excluding tert-OH is 1. The van der Waals surface area contributed by atoms with E-state index in [1.807, 2.05) is 0 Å². The molecule has 0 amide bonds. The minimum atomic E-state index is 0.0829. The fourth-order valence-electron chi connectivity index (χ4n) is 5.43. The van der Waals surface area contributed by atoms with Crippen LogP contribution in [0, 0.1) is 17.2 Å². The molecule has 5 rings (SSSR count). The lowest BCUT2D eigenvalue weighted by atomic mass is 9.85. The van der Waals surface area contributed by atoms with Crippen molar-refractivity contribution in [2.24, 2.45) is 11.8 Å². The van der Waals surface area contributed by atoms with E-state index in [-0.39, 0.29) is 18.4 Å². The summed E-state index contributed by atoms with van der Waals surface area (Å²) in [6.07, 6.45) is 20.3. The van der Waals surface area contributed by atoms with Crippen molar-refractivity contribution in [1.29, 1.82) is 5.41 Å². The first-order valence-corrected chi connectivity index (χ1v) is 12.1. The van der Waals surface area contributed by atoms with Gasteiger partial charge in [-0.2, -0.15) is 0 Å². The second-order valence-corrected chi connectivity index (χ2v) is 9.39. The zero-order valence-electron chi connectivity index (χ0n) is 19.4. The lowest BCUT2D eigenvalue weighted by Gasteiger charge is -2.36. The van der Waals surface area contributed by atoms with Gasteiger partial charge in [-0.3, -0.25) is 5.41 Å². The van der Waals surface area contributed by atoms with Gasteiger partial charge < -0.3 is 25.0 Å². The largest absolute Gasteiger partial charge is 0.496 e. The number of rotatable bonds is 5. The van der Waals surface area contributed by atoms with Crippen LogP contribution in [0.15, 0.2) is 53.5 Å². The molecule has 1 fully saturated rings. The van der Waals surface area contributed by atoms with E-state index in [0.717, 1.165) is 68.9 Å². The Bertz CT molecular complexity index is 1070. The smallest absolute Gasteiger partial charge is 0.122 e. The van der Waals surface area contributed by atoms with Crippen LogP contribution in [0.2, 0.25) is 0 Å². The minimum Gasteiger partial charge on any atom is -0.496 e. The van der Waals surface area contributed by atoms with Crippen LogP contribution < -0.4 is 5.32 Å². The number of likely N-dealkylation sites (tertiary alicyclic amines) is 1. The van der Waals surface area contributed by atoms with E-state index in [1.54, 1.807) is 7.11 Å². The van der Waals surface area contributed by atoms with Crippen LogP contribution in [0.25, 0.3) is 11.6 Å². The van der Waals surface area contributed by atoms with E-state index < -0.39 is 0 Å². The first-order chi connectivity index (χ1) is 16.2. The molecule has 1 aromatic rings. The number of methoxy groups -OCH3 is 1. The zero-order valence-corrected chi connectivity index (χ0v) is 19.4. The van der Waals surface area contributed by atoms with Gasteiger partial charge in [0.15, 0.2) is 0 Å². The van der Waals surface area contributed by atoms with Crippen LogP contribution in [-0.4, -0.2) is 54.2 Å². The third-order valence-electron chi connectivity index (χ3n) is 7.28. The molecule has 2 aliphatic heterocycles. The highest BCUT2D eigenvalue weighted by molar-refractivity contribution is 5.89. The number of aliphatic hydroxyl groups is 1. The van der Waals surface area contributed by atoms with Gasteiger partial charge >= 0.3 is 0 Å². The van der Waals surface area contributed by atoms with Crippen LogP contribution in [-0.2, 0) is 4.74 Å². The van der Waals surface area contributed by atoms with Crippen molar-refractivity contribution in [1.82, 2.24) is 9.88 Å². The highest BCUT2D eigenvalue weighted by atomic mass is 16.5. The summed E-state index contributed by atoms with van der Waals surface area (Å²) in [6, 6.07) is 0. The normalized spacial score (nSPS) is 24.7. The molecule has 6 nitrogen and oxygen atoms in total. The number of allylic oxidation sites excluding steroid dienone is 5. The van der Waals surface area contributed by atoms with E-state index >= 15 is 0 Å². The molecule has 4 aliphatic rings. The summed E-state index contributed by atoms with van der Waals surface area (Å²) in [5.41, 5.74) is 6.06. The molecule has 6 heteroatoms. The summed E-state index contributed by atoms with van der Waals surface area (Å²) >= 11 is 0. The third kappa shape index (κ3) is 4.32. The number of anilines is 1. The predicted octanol–water partition coefficient (Wildman–Crippen LogP) is 4.72. The van der Waals surface area contributed by atoms with Crippen molar-refractivity contribution < 1.29 is 9.84 Å². The first-order valence-electron chi connectivity index (χ1n) is 12.1. The molecule has 33 heavy (non-hydrogen) atoms. The molecule has 174 valence electrons. The van der Waals surface area contributed by atoms with E-state index in [1.165, 1.54) is 22.3 Å². The predicted molar refractivity (Wildman–Crippen MR) is 134 cm³/mol. The summed E-state index contributed by atoms with van der Waals surface area (Å²) in [6.45, 7) is 2.70. The van der Waals surface area contributed by atoms with Crippen LogP contribution in [0.5, 0.6) is 0 Å². The van der Waals surface area contributed by atoms with Crippen LogP contribution in [0.3, 0.4) is 0 Å². The van der Waals surface area contributed by atoms with E-state index in [4.69, 9.17) is 10.1 Å². The molecule has 4 N–H and O–H groups in total. The van der Waals surface area contributed by atoms with Crippen molar-refractivity contribution in [2.45, 2.75) is 32.1 Å². The highest BCUT2D eigenvalue weighted by Gasteiger charge is 2.28. The summed E-state index contributed by atoms with van der Waals surface area (Å²) in [5.74, 6) is 3.05. The number of piperidine rings is 1. The van der Waals surface area contributed by atoms with Gasteiger partial charge in [-0.05, 0) is 61.3 Å². The lowest BCUT2D eigenvalue weighted by molar-refractivity contribution is 0.158. The molecule has 1 saturated heterocycles. The highest BCUT2D eigenvalue weighted by Crippen LogP contribution is 2.38. The fraction of sp³-hybridized carbons (Fsp3) is 0.444. The Morgan fingerprint density at radius 1 is 1.27 bits per heavy atom. The van der Waals surface area contributed by atoms with Crippen molar-refractivity contribution >= 4 is 23.3 Å². The summed E-state index contributed by atoms with van der Waals surface area (Å²) in [5, 5.41) is 22.0. The van der Waals surface area contributed by atoms with Gasteiger partial charge in [-0.1, -0.05) is 24.3 Å². The van der Waals surface area contributed by atoms with E-state index in [0.29, 0.717) is 5.84 Å². The second kappa shape index (κ2) is 9.48. The number of hydrogen-bond acceptors (Lipinski definition) is 4. The average molecular weight is 447 g/mol. The van der Waals surface area contributed by atoms with Gasteiger partial charge in [0, 0.05) is 55.1 Å². The van der Waals surface area contributed by atoms with Crippen LogP contribution in [0.4, 0.5) is 5.82 Å². The van der Waals surface area contributed by atoms with Gasteiger partial charge in [-0.15, -0.1) is 0 Å². The average Bonchev–Trinajstić information content (AvgIpc) is 3.31. The van der Waals surface area contributed by atoms with Crippen molar-refractivity contribution in [3.8, 4) is 0 Å². The number of aromatic amines is 1. The zero-order chi connectivity index (χ0) is 22.8. The van der Waals surface area contributed by atoms with Gasteiger partial charge in [0.05, 0.1) is 7.11 Å². The maximum Gasteiger partial charge on any atom is 0.122 e. The SMILES string of the molecule is COC1=CCCC=C1c1c[nH]c2c1C=C(C1=CC=CC(C(=N)N3CCCC(CO)C3)C1)CN2. The molecule has 2 aliphatic carbocycles. The summed E-state index contributed by atoms with van der Waals surface area (Å²) in [4.78, 5) is 5.57. The van der Waals surface area contributed by atoms with Crippen LogP contribution in [0.1, 0.15) is 43.2 Å². The molecule has 2 unspecified atom stereocenters. The Morgan fingerprint density at radius 2 is 2.15 bits per heavy atom. The topological polar surface area (TPSA) is 84.4 Å². The first kappa shape index (κ1) is 21.8. The second-order valence-electron chi connectivity index (χ2n) is 9.39. The fourth-order valence-corrected chi connectivity index (χ4v) is 5.43. The number of nitrogens with one attached hydrogen (secondary N) is 3. The van der Waals surface area contributed by atoms with Crippen molar-refractivity contribution in [2.75, 3.05) is 38.7 Å². The summed E-state index contributed by atoms with van der Waals surface area (Å²) < 4.78 is 5.65. The van der Waals surface area contributed by atoms with Gasteiger partial charge in [0.1, 0.15) is 17.4 Å². The molecule has 0 spiro atoms. The maximum atomic E-state index is 9.57. The number of ether oxygens (including phenoxy) is 1. The molecule has 3 heterocycles. The standard InChI is InChI=1S/C27H34N4O2/c1-33-25-10-3-2-9-22(25)24-15-30-27-23(24)13-21(14-29-27)19-7-4-8-20(12-19)26(28)31-11-5-6-18(16-31)17-32/h4,7-10,13,15,18,20,28-30,32H,2-3,5-6,11-12,14,16-17H2,1H3. The molecule has 0 saturated carbocycles. The van der Waals surface area contributed by atoms with Gasteiger partial charge in [-0.25, -0.2) is 0 Å². The number of nitrogens with zero attached hydrogens (tertiary/aromatic N) is 1. The number of hydrogen-bond donors (Lipinski definition) is 4. The lowest BCUT2D eigenvalue weighted by Crippen LogP contribution is -2.43. The molecular weight excluding hydrogens is 412 g/mol. The monoisotopic (exact) mass is 446 g/mol. The van der Waals surface area contributed by atoms with Crippen molar-refractivity contribution in [3.05, 3.63) is 64.6 Å². The number of aromatic nitrogens is 1. The number of fused-ring (bicyclic) bond motifs is 1.